The van der Waals surface area contributed by atoms with Crippen LogP contribution >= 0.6 is 0 Å². The Balaban J connectivity index is 1.19. The van der Waals surface area contributed by atoms with Gasteiger partial charge in [-0.1, -0.05) is 18.2 Å². The summed E-state index contributed by atoms with van der Waals surface area (Å²) in [6.45, 7) is 3.18. The molecule has 1 aliphatic carbocycles. The molecule has 1 aromatic carbocycles. The molecule has 1 aromatic heterocycles. The largest absolute Gasteiger partial charge is 0.367 e. The molecule has 2 fully saturated rings. The second kappa shape index (κ2) is 8.30. The van der Waals surface area contributed by atoms with E-state index in [9.17, 15) is 4.79 Å². The Hall–Kier alpha value is -2.93. The van der Waals surface area contributed by atoms with Gasteiger partial charge >= 0.3 is 0 Å². The van der Waals surface area contributed by atoms with E-state index in [4.69, 9.17) is 9.72 Å². The van der Waals surface area contributed by atoms with Gasteiger partial charge in [-0.3, -0.25) is 9.79 Å². The molecule has 2 aliphatic heterocycles. The molecule has 5 rings (SSSR count). The van der Waals surface area contributed by atoms with Gasteiger partial charge in [0.05, 0.1) is 17.8 Å². The van der Waals surface area contributed by atoms with Crippen molar-refractivity contribution in [3.05, 3.63) is 48.8 Å². The van der Waals surface area contributed by atoms with E-state index in [0.29, 0.717) is 6.04 Å². The number of pyridine rings is 1. The first kappa shape index (κ1) is 20.0. The summed E-state index contributed by atoms with van der Waals surface area (Å²) in [5.41, 5.74) is 0.416. The van der Waals surface area contributed by atoms with E-state index in [0.717, 1.165) is 55.5 Å². The van der Waals surface area contributed by atoms with Crippen LogP contribution in [0.5, 0.6) is 0 Å². The van der Waals surface area contributed by atoms with E-state index < -0.39 is 5.72 Å². The molecule has 1 saturated heterocycles. The van der Waals surface area contributed by atoms with Gasteiger partial charge < -0.3 is 20.3 Å². The van der Waals surface area contributed by atoms with Crippen LogP contribution in [0.2, 0.25) is 0 Å². The zero-order chi connectivity index (χ0) is 21.3. The van der Waals surface area contributed by atoms with Crippen LogP contribution in [0.3, 0.4) is 0 Å². The summed E-state index contributed by atoms with van der Waals surface area (Å²) >= 11 is 0. The van der Waals surface area contributed by atoms with Gasteiger partial charge in [-0.25, -0.2) is 4.98 Å². The molecular formula is C24H29N5O2. The number of hydrogen-bond acceptors (Lipinski definition) is 6. The minimum atomic E-state index is -0.589. The zero-order valence-corrected chi connectivity index (χ0v) is 17.8. The Morgan fingerprint density at radius 2 is 2.00 bits per heavy atom. The zero-order valence-electron chi connectivity index (χ0n) is 17.8. The maximum atomic E-state index is 11.7. The smallest absolute Gasteiger partial charge is 0.219 e. The van der Waals surface area contributed by atoms with Crippen LogP contribution in [0.15, 0.2) is 53.8 Å². The fourth-order valence-corrected chi connectivity index (χ4v) is 4.82. The number of piperidine rings is 1. The Labute approximate surface area is 182 Å². The minimum Gasteiger partial charge on any atom is -0.367 e. The lowest BCUT2D eigenvalue weighted by atomic mass is 9.84. The van der Waals surface area contributed by atoms with Crippen molar-refractivity contribution in [3.63, 3.8) is 0 Å². The van der Waals surface area contributed by atoms with E-state index in [-0.39, 0.29) is 17.9 Å². The highest BCUT2D eigenvalue weighted by atomic mass is 16.5. The van der Waals surface area contributed by atoms with Crippen LogP contribution in [0.4, 0.5) is 5.82 Å². The molecule has 1 atom stereocenters. The maximum absolute atomic E-state index is 11.7. The third-order valence-corrected chi connectivity index (χ3v) is 6.69. The number of rotatable bonds is 5. The van der Waals surface area contributed by atoms with Crippen molar-refractivity contribution in [2.24, 2.45) is 10.9 Å². The van der Waals surface area contributed by atoms with Crippen molar-refractivity contribution in [3.8, 4) is 0 Å². The first-order valence-electron chi connectivity index (χ1n) is 11.1. The lowest BCUT2D eigenvalue weighted by Crippen LogP contribution is -2.60. The number of benzene rings is 1. The Bertz CT molecular complexity index is 1010. The molecule has 7 nitrogen and oxygen atoms in total. The molecule has 162 valence electrons. The van der Waals surface area contributed by atoms with Crippen LogP contribution in [0.25, 0.3) is 10.9 Å². The monoisotopic (exact) mass is 419 g/mol. The number of fused-ring (bicyclic) bond motifs is 1. The summed E-state index contributed by atoms with van der Waals surface area (Å²) in [7, 11) is 0. The molecule has 1 amide bonds. The number of carbonyl (C=O) groups excluding carboxylic acids is 1. The van der Waals surface area contributed by atoms with Crippen molar-refractivity contribution in [1.29, 1.82) is 0 Å². The van der Waals surface area contributed by atoms with Crippen molar-refractivity contribution in [2.45, 2.75) is 50.5 Å². The van der Waals surface area contributed by atoms with E-state index in [1.807, 2.05) is 41.6 Å². The van der Waals surface area contributed by atoms with E-state index in [1.165, 1.54) is 0 Å². The highest BCUT2D eigenvalue weighted by molar-refractivity contribution is 5.80. The van der Waals surface area contributed by atoms with Crippen LogP contribution in [-0.4, -0.2) is 53.0 Å². The Morgan fingerprint density at radius 3 is 2.74 bits per heavy atom. The molecule has 1 saturated carbocycles. The highest BCUT2D eigenvalue weighted by Crippen LogP contribution is 2.36. The lowest BCUT2D eigenvalue weighted by Gasteiger charge is -2.47. The lowest BCUT2D eigenvalue weighted by molar-refractivity contribution is -0.141. The van der Waals surface area contributed by atoms with E-state index >= 15 is 0 Å². The third-order valence-electron chi connectivity index (χ3n) is 6.69. The molecule has 2 N–H and O–H groups in total. The van der Waals surface area contributed by atoms with Crippen molar-refractivity contribution >= 4 is 28.8 Å². The van der Waals surface area contributed by atoms with Crippen molar-refractivity contribution in [1.82, 2.24) is 15.2 Å². The maximum Gasteiger partial charge on any atom is 0.219 e. The normalized spacial score (nSPS) is 28.2. The molecular weight excluding hydrogens is 390 g/mol. The van der Waals surface area contributed by atoms with Gasteiger partial charge in [-0.05, 0) is 43.9 Å². The predicted octanol–water partition coefficient (Wildman–Crippen LogP) is 3.29. The Kier molecular flexibility index (Phi) is 5.36. The van der Waals surface area contributed by atoms with Gasteiger partial charge in [0, 0.05) is 49.8 Å². The number of anilines is 1. The average Bonchev–Trinajstić information content (AvgIpc) is 2.78. The van der Waals surface area contributed by atoms with Gasteiger partial charge in [0.1, 0.15) is 5.82 Å². The number of carbonyl (C=O) groups is 1. The summed E-state index contributed by atoms with van der Waals surface area (Å²) < 4.78 is 6.61. The molecule has 31 heavy (non-hydrogen) atoms. The molecule has 3 heterocycles. The highest BCUT2D eigenvalue weighted by Gasteiger charge is 2.45. The second-order valence-corrected chi connectivity index (χ2v) is 8.75. The summed E-state index contributed by atoms with van der Waals surface area (Å²) in [5.74, 6) is 1.34. The number of likely N-dealkylation sites (tertiary alicyclic amines) is 1. The van der Waals surface area contributed by atoms with Crippen molar-refractivity contribution < 1.29 is 9.53 Å². The number of nitrogens with zero attached hydrogens (tertiary/aromatic N) is 3. The first-order chi connectivity index (χ1) is 15.1. The average molecular weight is 420 g/mol. The quantitative estimate of drug-likeness (QED) is 0.778. The molecule has 7 heteroatoms. The van der Waals surface area contributed by atoms with E-state index in [2.05, 4.69) is 27.8 Å². The number of aromatic nitrogens is 1. The predicted molar refractivity (Wildman–Crippen MR) is 122 cm³/mol. The fourth-order valence-electron chi connectivity index (χ4n) is 4.82. The van der Waals surface area contributed by atoms with Gasteiger partial charge in [0.15, 0.2) is 5.72 Å². The number of amides is 1. The summed E-state index contributed by atoms with van der Waals surface area (Å²) in [6.07, 6.45) is 9.36. The van der Waals surface area contributed by atoms with Crippen molar-refractivity contribution in [2.75, 3.05) is 18.4 Å². The topological polar surface area (TPSA) is 78.8 Å². The minimum absolute atomic E-state index is 0.147. The van der Waals surface area contributed by atoms with Crippen LogP contribution in [-0.2, 0) is 9.53 Å². The number of para-hydroxylation sites is 1. The SMILES string of the molecule is CC(=O)N1CCC(C2(OC3CC(Nc4ccc5ccccc5n4)C3)C=NC=CN2)CC1. The number of hydrogen-bond donors (Lipinski definition) is 2. The van der Waals surface area contributed by atoms with Crippen LogP contribution in [0.1, 0.15) is 32.6 Å². The summed E-state index contributed by atoms with van der Waals surface area (Å²) in [6, 6.07) is 12.7. The fraction of sp³-hybridized carbons (Fsp3) is 0.458. The summed E-state index contributed by atoms with van der Waals surface area (Å²) in [4.78, 5) is 22.7. The molecule has 2 aromatic rings. The molecule has 3 aliphatic rings. The molecule has 0 radical (unpaired) electrons. The molecule has 0 bridgehead atoms. The second-order valence-electron chi connectivity index (χ2n) is 8.75. The van der Waals surface area contributed by atoms with E-state index in [1.54, 1.807) is 13.1 Å². The molecule has 0 spiro atoms. The van der Waals surface area contributed by atoms with Gasteiger partial charge in [0.25, 0.3) is 0 Å². The van der Waals surface area contributed by atoms with Crippen LogP contribution in [0, 0.1) is 5.92 Å². The number of ether oxygens (including phenoxy) is 1. The van der Waals surface area contributed by atoms with Gasteiger partial charge in [-0.15, -0.1) is 0 Å². The summed E-state index contributed by atoms with van der Waals surface area (Å²) in [5, 5.41) is 8.14. The van der Waals surface area contributed by atoms with Gasteiger partial charge in [-0.2, -0.15) is 0 Å². The standard InChI is InChI=1S/C24H29N5O2/c1-17(30)29-12-8-19(9-13-29)24(16-25-10-11-26-24)31-21-14-20(15-21)27-23-7-6-18-4-2-3-5-22(18)28-23/h2-7,10-11,16,19-21,26H,8-9,12-15H2,1H3,(H,27,28). The third kappa shape index (κ3) is 4.14. The molecule has 1 unspecified atom stereocenters. The Morgan fingerprint density at radius 1 is 1.19 bits per heavy atom. The van der Waals surface area contributed by atoms with Crippen LogP contribution < -0.4 is 10.6 Å². The van der Waals surface area contributed by atoms with Gasteiger partial charge in [0.2, 0.25) is 5.91 Å². The number of aliphatic imine (C=N–C) groups is 1. The first-order valence-corrected chi connectivity index (χ1v) is 11.1. The number of nitrogens with one attached hydrogen (secondary N) is 2.